The molecule has 0 aliphatic carbocycles. The molecule has 0 aliphatic heterocycles. The first-order valence-electron chi connectivity index (χ1n) is 6.07. The van der Waals surface area contributed by atoms with Crippen molar-refractivity contribution in [2.24, 2.45) is 0 Å². The Kier molecular flexibility index (Phi) is 4.04. The van der Waals surface area contributed by atoms with Gasteiger partial charge in [0.25, 0.3) is 0 Å². The summed E-state index contributed by atoms with van der Waals surface area (Å²) in [6.45, 7) is 1.68. The van der Waals surface area contributed by atoms with Gasteiger partial charge in [-0.2, -0.15) is 0 Å². The van der Waals surface area contributed by atoms with Gasteiger partial charge in [-0.3, -0.25) is 0 Å². The van der Waals surface area contributed by atoms with Crippen molar-refractivity contribution in [3.63, 3.8) is 0 Å². The molecule has 1 unspecified atom stereocenters. The van der Waals surface area contributed by atoms with Gasteiger partial charge in [0.2, 0.25) is 5.76 Å². The Morgan fingerprint density at radius 2 is 2.00 bits per heavy atom. The minimum Gasteiger partial charge on any atom is -0.483 e. The Labute approximate surface area is 121 Å². The first-order valence-corrected chi connectivity index (χ1v) is 7.96. The quantitative estimate of drug-likeness (QED) is 0.912. The van der Waals surface area contributed by atoms with Crippen LogP contribution in [0.3, 0.4) is 0 Å². The van der Waals surface area contributed by atoms with Gasteiger partial charge in [-0.05, 0) is 37.3 Å². The van der Waals surface area contributed by atoms with Crippen LogP contribution in [-0.2, 0) is 9.84 Å². The Morgan fingerprint density at radius 1 is 1.29 bits per heavy atom. The monoisotopic (exact) mass is 310 g/mol. The summed E-state index contributed by atoms with van der Waals surface area (Å²) in [5, 5.41) is 8.79. The van der Waals surface area contributed by atoms with Crippen molar-refractivity contribution < 1.29 is 27.5 Å². The molecule has 1 aromatic heterocycles. The fraction of sp³-hybridized carbons (Fsp3) is 0.214. The van der Waals surface area contributed by atoms with Crippen LogP contribution in [0.1, 0.15) is 29.3 Å². The molecule has 0 saturated carbocycles. The van der Waals surface area contributed by atoms with E-state index in [1.165, 1.54) is 24.3 Å². The second kappa shape index (κ2) is 5.61. The lowest BCUT2D eigenvalue weighted by Gasteiger charge is -2.13. The van der Waals surface area contributed by atoms with Crippen LogP contribution in [0.15, 0.2) is 45.7 Å². The molecule has 21 heavy (non-hydrogen) atoms. The third-order valence-electron chi connectivity index (χ3n) is 2.78. The van der Waals surface area contributed by atoms with Gasteiger partial charge in [-0.1, -0.05) is 6.07 Å². The van der Waals surface area contributed by atoms with E-state index in [1.807, 2.05) is 0 Å². The fourth-order valence-corrected chi connectivity index (χ4v) is 2.38. The van der Waals surface area contributed by atoms with E-state index >= 15 is 0 Å². The number of hydrogen-bond donors (Lipinski definition) is 1. The summed E-state index contributed by atoms with van der Waals surface area (Å²) >= 11 is 0. The number of aromatic carboxylic acids is 1. The van der Waals surface area contributed by atoms with E-state index in [4.69, 9.17) is 14.3 Å². The molecule has 1 N–H and O–H groups in total. The number of hydrogen-bond acceptors (Lipinski definition) is 5. The molecule has 0 saturated heterocycles. The van der Waals surface area contributed by atoms with Crippen molar-refractivity contribution in [1.82, 2.24) is 0 Å². The Hall–Kier alpha value is -2.28. The molecule has 2 rings (SSSR count). The highest BCUT2D eigenvalue weighted by atomic mass is 32.2. The lowest BCUT2D eigenvalue weighted by molar-refractivity contribution is 0.0655. The van der Waals surface area contributed by atoms with Gasteiger partial charge < -0.3 is 14.3 Å². The number of benzene rings is 1. The maximum Gasteiger partial charge on any atom is 0.371 e. The highest BCUT2D eigenvalue weighted by Crippen LogP contribution is 2.25. The van der Waals surface area contributed by atoms with Crippen LogP contribution in [0.5, 0.6) is 5.75 Å². The van der Waals surface area contributed by atoms with E-state index in [9.17, 15) is 13.2 Å². The molecule has 0 radical (unpaired) electrons. The maximum atomic E-state index is 11.5. The minimum atomic E-state index is -3.31. The van der Waals surface area contributed by atoms with Gasteiger partial charge in [0.15, 0.2) is 15.9 Å². The van der Waals surface area contributed by atoms with Crippen LogP contribution in [-0.4, -0.2) is 25.7 Å². The molecule has 0 bridgehead atoms. The van der Waals surface area contributed by atoms with E-state index in [-0.39, 0.29) is 10.7 Å². The molecule has 1 aromatic carbocycles. The van der Waals surface area contributed by atoms with Crippen LogP contribution in [0.4, 0.5) is 0 Å². The second-order valence-corrected chi connectivity index (χ2v) is 6.53. The second-order valence-electron chi connectivity index (χ2n) is 4.51. The van der Waals surface area contributed by atoms with Crippen molar-refractivity contribution in [3.05, 3.63) is 47.9 Å². The molecule has 0 spiro atoms. The highest BCUT2D eigenvalue weighted by molar-refractivity contribution is 7.90. The first-order chi connectivity index (χ1) is 9.77. The zero-order valence-electron chi connectivity index (χ0n) is 11.4. The van der Waals surface area contributed by atoms with Crippen LogP contribution < -0.4 is 4.74 Å². The van der Waals surface area contributed by atoms with Gasteiger partial charge in [-0.25, -0.2) is 13.2 Å². The number of furan rings is 1. The summed E-state index contributed by atoms with van der Waals surface area (Å²) < 4.78 is 33.7. The fourth-order valence-electron chi connectivity index (χ4n) is 1.73. The average Bonchev–Trinajstić information content (AvgIpc) is 2.88. The smallest absolute Gasteiger partial charge is 0.371 e. The standard InChI is InChI=1S/C14H14O6S/c1-9(12-6-7-13(20-12)14(15)16)19-10-4-3-5-11(8-10)21(2,17)18/h3-9H,1-2H3,(H,15,16). The van der Waals surface area contributed by atoms with Crippen molar-refractivity contribution >= 4 is 15.8 Å². The number of ether oxygens (including phenoxy) is 1. The van der Waals surface area contributed by atoms with E-state index in [0.29, 0.717) is 11.5 Å². The molecule has 2 aromatic rings. The van der Waals surface area contributed by atoms with Crippen molar-refractivity contribution in [2.45, 2.75) is 17.9 Å². The summed E-state index contributed by atoms with van der Waals surface area (Å²) in [4.78, 5) is 10.9. The molecule has 112 valence electrons. The van der Waals surface area contributed by atoms with Gasteiger partial charge in [0, 0.05) is 6.26 Å². The van der Waals surface area contributed by atoms with E-state index in [1.54, 1.807) is 19.1 Å². The lowest BCUT2D eigenvalue weighted by Crippen LogP contribution is -2.03. The largest absolute Gasteiger partial charge is 0.483 e. The SMILES string of the molecule is CC(Oc1cccc(S(C)(=O)=O)c1)c1ccc(C(=O)O)o1. The Balaban J connectivity index is 2.19. The van der Waals surface area contributed by atoms with Crippen molar-refractivity contribution in [2.75, 3.05) is 6.26 Å². The van der Waals surface area contributed by atoms with Crippen LogP contribution in [0.2, 0.25) is 0 Å². The van der Waals surface area contributed by atoms with E-state index in [2.05, 4.69) is 0 Å². The number of carboxylic acids is 1. The predicted molar refractivity (Wildman–Crippen MR) is 74.3 cm³/mol. The number of rotatable bonds is 5. The maximum absolute atomic E-state index is 11.5. The van der Waals surface area contributed by atoms with Crippen molar-refractivity contribution in [3.8, 4) is 5.75 Å². The zero-order chi connectivity index (χ0) is 15.6. The van der Waals surface area contributed by atoms with Crippen LogP contribution in [0, 0.1) is 0 Å². The molecule has 7 heteroatoms. The topological polar surface area (TPSA) is 93.8 Å². The lowest BCUT2D eigenvalue weighted by atomic mass is 10.3. The number of sulfone groups is 1. The van der Waals surface area contributed by atoms with Crippen LogP contribution >= 0.6 is 0 Å². The van der Waals surface area contributed by atoms with Crippen LogP contribution in [0.25, 0.3) is 0 Å². The summed E-state index contributed by atoms with van der Waals surface area (Å²) in [6, 6.07) is 8.92. The van der Waals surface area contributed by atoms with Gasteiger partial charge in [0.1, 0.15) is 11.5 Å². The zero-order valence-corrected chi connectivity index (χ0v) is 12.3. The summed E-state index contributed by atoms with van der Waals surface area (Å²) in [5.41, 5.74) is 0. The molecule has 6 nitrogen and oxygen atoms in total. The minimum absolute atomic E-state index is 0.151. The van der Waals surface area contributed by atoms with Gasteiger partial charge >= 0.3 is 5.97 Å². The van der Waals surface area contributed by atoms with Crippen molar-refractivity contribution in [1.29, 1.82) is 0 Å². The van der Waals surface area contributed by atoms with Gasteiger partial charge in [0.05, 0.1) is 4.90 Å². The molecule has 0 amide bonds. The number of carboxylic acid groups (broad SMARTS) is 1. The molecular formula is C14H14O6S. The third-order valence-corrected chi connectivity index (χ3v) is 3.89. The van der Waals surface area contributed by atoms with E-state index in [0.717, 1.165) is 6.26 Å². The third kappa shape index (κ3) is 3.63. The average molecular weight is 310 g/mol. The summed E-state index contributed by atoms with van der Waals surface area (Å²) in [5.74, 6) is -0.631. The van der Waals surface area contributed by atoms with E-state index < -0.39 is 21.9 Å². The Bertz CT molecular complexity index is 759. The first kappa shape index (κ1) is 15.1. The normalized spacial score (nSPS) is 12.9. The highest BCUT2D eigenvalue weighted by Gasteiger charge is 2.16. The predicted octanol–water partition coefficient (Wildman–Crippen LogP) is 2.52. The van der Waals surface area contributed by atoms with Gasteiger partial charge in [-0.15, -0.1) is 0 Å². The summed E-state index contributed by atoms with van der Waals surface area (Å²) in [6.07, 6.45) is 0.564. The molecule has 0 fully saturated rings. The molecule has 0 aliphatic rings. The molecular weight excluding hydrogens is 296 g/mol. The summed E-state index contributed by atoms with van der Waals surface area (Å²) in [7, 11) is -3.31. The number of carbonyl (C=O) groups is 1. The molecule has 1 atom stereocenters. The Morgan fingerprint density at radius 3 is 2.57 bits per heavy atom. The molecule has 1 heterocycles.